The van der Waals surface area contributed by atoms with Crippen LogP contribution in [0.5, 0.6) is 0 Å². The second-order valence-corrected chi connectivity index (χ2v) is 8.36. The molecule has 1 aromatic carbocycles. The van der Waals surface area contributed by atoms with Gasteiger partial charge in [0, 0.05) is 19.2 Å². The van der Waals surface area contributed by atoms with Gasteiger partial charge in [0.15, 0.2) is 9.84 Å². The average molecular weight is 325 g/mol. The summed E-state index contributed by atoms with van der Waals surface area (Å²) in [5.74, 6) is 0.114. The Bertz CT molecular complexity index is 568. The smallest absolute Gasteiger partial charge is 0.179 e. The number of rotatable bonds is 6. The van der Waals surface area contributed by atoms with Gasteiger partial charge in [0.1, 0.15) is 0 Å². The van der Waals surface area contributed by atoms with Crippen LogP contribution in [-0.2, 0) is 14.6 Å². The van der Waals surface area contributed by atoms with Crippen molar-refractivity contribution < 1.29 is 13.2 Å². The lowest BCUT2D eigenvalue weighted by Gasteiger charge is -2.33. The Morgan fingerprint density at radius 3 is 2.50 bits per heavy atom. The number of methoxy groups -OCH3 is 1. The zero-order valence-corrected chi connectivity index (χ0v) is 14.5. The van der Waals surface area contributed by atoms with Gasteiger partial charge >= 0.3 is 0 Å². The van der Waals surface area contributed by atoms with E-state index in [1.165, 1.54) is 12.8 Å². The summed E-state index contributed by atoms with van der Waals surface area (Å²) in [5.41, 5.74) is 1.07. The minimum atomic E-state index is -3.25. The van der Waals surface area contributed by atoms with Gasteiger partial charge in [0.2, 0.25) is 0 Å². The van der Waals surface area contributed by atoms with E-state index in [2.05, 4.69) is 5.32 Å². The SMILES string of the molecule is CO[C@@H]1CCCC[C@@H]1N[C@@H](C)CS(=O)(=O)c1ccc(C)cc1. The van der Waals surface area contributed by atoms with Crippen LogP contribution in [0.4, 0.5) is 0 Å². The normalized spacial score (nSPS) is 24.1. The average Bonchev–Trinajstić information content (AvgIpc) is 2.47. The third-order valence-corrected chi connectivity index (χ3v) is 6.28. The Morgan fingerprint density at radius 1 is 1.23 bits per heavy atom. The van der Waals surface area contributed by atoms with Gasteiger partial charge in [-0.2, -0.15) is 0 Å². The summed E-state index contributed by atoms with van der Waals surface area (Å²) >= 11 is 0. The van der Waals surface area contributed by atoms with Crippen molar-refractivity contribution in [3.63, 3.8) is 0 Å². The lowest BCUT2D eigenvalue weighted by Crippen LogP contribution is -2.48. The van der Waals surface area contributed by atoms with Gasteiger partial charge in [-0.05, 0) is 38.8 Å². The number of aryl methyl sites for hydroxylation is 1. The van der Waals surface area contributed by atoms with Gasteiger partial charge in [-0.3, -0.25) is 0 Å². The number of ether oxygens (including phenoxy) is 1. The predicted molar refractivity (Wildman–Crippen MR) is 88.9 cm³/mol. The van der Waals surface area contributed by atoms with Gasteiger partial charge in [-0.15, -0.1) is 0 Å². The lowest BCUT2D eigenvalue weighted by molar-refractivity contribution is 0.0393. The molecule has 0 aliphatic heterocycles. The molecule has 1 aliphatic rings. The van der Waals surface area contributed by atoms with E-state index in [1.807, 2.05) is 26.0 Å². The highest BCUT2D eigenvalue weighted by Gasteiger charge is 2.27. The van der Waals surface area contributed by atoms with E-state index in [9.17, 15) is 8.42 Å². The molecule has 1 aliphatic carbocycles. The molecule has 0 radical (unpaired) electrons. The molecule has 22 heavy (non-hydrogen) atoms. The van der Waals surface area contributed by atoms with Gasteiger partial charge in [-0.1, -0.05) is 30.5 Å². The second kappa shape index (κ2) is 7.57. The van der Waals surface area contributed by atoms with Crippen LogP contribution in [0, 0.1) is 6.92 Å². The fourth-order valence-electron chi connectivity index (χ4n) is 3.15. The highest BCUT2D eigenvalue weighted by Crippen LogP contribution is 2.21. The zero-order chi connectivity index (χ0) is 16.2. The third-order valence-electron chi connectivity index (χ3n) is 4.35. The van der Waals surface area contributed by atoms with Crippen LogP contribution in [0.25, 0.3) is 0 Å². The first kappa shape index (κ1) is 17.4. The monoisotopic (exact) mass is 325 g/mol. The van der Waals surface area contributed by atoms with E-state index in [4.69, 9.17) is 4.74 Å². The minimum Gasteiger partial charge on any atom is -0.380 e. The number of sulfone groups is 1. The summed E-state index contributed by atoms with van der Waals surface area (Å²) in [6.07, 6.45) is 4.65. The van der Waals surface area contributed by atoms with Crippen molar-refractivity contribution in [1.82, 2.24) is 5.32 Å². The molecule has 0 spiro atoms. The van der Waals surface area contributed by atoms with E-state index in [1.54, 1.807) is 19.2 Å². The minimum absolute atomic E-state index is 0.0907. The fourth-order valence-corrected chi connectivity index (χ4v) is 4.65. The van der Waals surface area contributed by atoms with E-state index < -0.39 is 9.84 Å². The molecule has 0 bridgehead atoms. The molecular formula is C17H27NO3S. The van der Waals surface area contributed by atoms with Crippen molar-refractivity contribution in [2.75, 3.05) is 12.9 Å². The quantitative estimate of drug-likeness (QED) is 0.874. The zero-order valence-electron chi connectivity index (χ0n) is 13.7. The number of hydrogen-bond acceptors (Lipinski definition) is 4. The molecule has 0 unspecified atom stereocenters. The van der Waals surface area contributed by atoms with Gasteiger partial charge in [0.25, 0.3) is 0 Å². The first-order valence-corrected chi connectivity index (χ1v) is 9.66. The van der Waals surface area contributed by atoms with Crippen LogP contribution in [0.15, 0.2) is 29.2 Å². The first-order chi connectivity index (χ1) is 10.4. The molecule has 3 atom stereocenters. The Balaban J connectivity index is 1.98. The molecular weight excluding hydrogens is 298 g/mol. The molecule has 5 heteroatoms. The summed E-state index contributed by atoms with van der Waals surface area (Å²) in [7, 11) is -1.52. The van der Waals surface area contributed by atoms with Crippen molar-refractivity contribution in [1.29, 1.82) is 0 Å². The van der Waals surface area contributed by atoms with Crippen molar-refractivity contribution in [2.45, 2.75) is 62.6 Å². The van der Waals surface area contributed by atoms with Crippen LogP contribution in [0.1, 0.15) is 38.2 Å². The van der Waals surface area contributed by atoms with Crippen LogP contribution < -0.4 is 5.32 Å². The molecule has 0 saturated heterocycles. The second-order valence-electron chi connectivity index (χ2n) is 6.33. The first-order valence-electron chi connectivity index (χ1n) is 8.00. The molecule has 0 heterocycles. The highest BCUT2D eigenvalue weighted by molar-refractivity contribution is 7.91. The maximum atomic E-state index is 12.5. The topological polar surface area (TPSA) is 55.4 Å². The van der Waals surface area contributed by atoms with E-state index in [0.29, 0.717) is 4.90 Å². The molecule has 1 N–H and O–H groups in total. The van der Waals surface area contributed by atoms with Gasteiger partial charge in [0.05, 0.1) is 16.8 Å². The molecule has 0 amide bonds. The molecule has 1 aromatic rings. The lowest BCUT2D eigenvalue weighted by atomic mass is 9.92. The molecule has 4 nitrogen and oxygen atoms in total. The summed E-state index contributed by atoms with van der Waals surface area (Å²) in [5, 5.41) is 3.45. The van der Waals surface area contributed by atoms with Crippen molar-refractivity contribution in [3.8, 4) is 0 Å². The van der Waals surface area contributed by atoms with Crippen molar-refractivity contribution >= 4 is 9.84 Å². The van der Waals surface area contributed by atoms with E-state index in [-0.39, 0.29) is 23.9 Å². The highest BCUT2D eigenvalue weighted by atomic mass is 32.2. The summed E-state index contributed by atoms with van der Waals surface area (Å²) in [6.45, 7) is 3.89. The van der Waals surface area contributed by atoms with Crippen LogP contribution >= 0.6 is 0 Å². The van der Waals surface area contributed by atoms with Gasteiger partial charge < -0.3 is 10.1 Å². The summed E-state index contributed by atoms with van der Waals surface area (Å²) < 4.78 is 30.5. The Labute approximate surface area is 134 Å². The van der Waals surface area contributed by atoms with E-state index >= 15 is 0 Å². The molecule has 124 valence electrons. The number of hydrogen-bond donors (Lipinski definition) is 1. The Kier molecular flexibility index (Phi) is 6.01. The number of benzene rings is 1. The molecule has 1 saturated carbocycles. The number of nitrogens with one attached hydrogen (secondary N) is 1. The fraction of sp³-hybridized carbons (Fsp3) is 0.647. The summed E-state index contributed by atoms with van der Waals surface area (Å²) in [6, 6.07) is 7.22. The maximum absolute atomic E-state index is 12.5. The van der Waals surface area contributed by atoms with Crippen LogP contribution in [0.3, 0.4) is 0 Å². The largest absolute Gasteiger partial charge is 0.380 e. The Morgan fingerprint density at radius 2 is 1.86 bits per heavy atom. The Hall–Kier alpha value is -0.910. The van der Waals surface area contributed by atoms with Crippen LogP contribution in [-0.4, -0.2) is 39.5 Å². The third kappa shape index (κ3) is 4.54. The van der Waals surface area contributed by atoms with Gasteiger partial charge in [-0.25, -0.2) is 8.42 Å². The molecule has 0 aromatic heterocycles. The van der Waals surface area contributed by atoms with E-state index in [0.717, 1.165) is 18.4 Å². The van der Waals surface area contributed by atoms with Crippen molar-refractivity contribution in [3.05, 3.63) is 29.8 Å². The van der Waals surface area contributed by atoms with Crippen molar-refractivity contribution in [2.24, 2.45) is 0 Å². The molecule has 2 rings (SSSR count). The maximum Gasteiger partial charge on any atom is 0.179 e. The molecule has 1 fully saturated rings. The predicted octanol–water partition coefficient (Wildman–Crippen LogP) is 2.70. The standard InChI is InChI=1S/C17H27NO3S/c1-13-8-10-15(11-9-13)22(19,20)12-14(2)18-16-6-4-5-7-17(16)21-3/h8-11,14,16-18H,4-7,12H2,1-3H3/t14-,16-,17+/m0/s1. The summed E-state index contributed by atoms with van der Waals surface area (Å²) in [4.78, 5) is 0.402. The van der Waals surface area contributed by atoms with Crippen LogP contribution in [0.2, 0.25) is 0 Å².